The van der Waals surface area contributed by atoms with Gasteiger partial charge in [-0.3, -0.25) is 0 Å². The molecule has 0 radical (unpaired) electrons. The highest BCUT2D eigenvalue weighted by atomic mass is 32.2. The molecule has 0 fully saturated rings. The highest BCUT2D eigenvalue weighted by Crippen LogP contribution is 2.41. The Kier molecular flexibility index (Phi) is 5.82. The van der Waals surface area contributed by atoms with E-state index >= 15 is 0 Å². The zero-order valence-electron chi connectivity index (χ0n) is 16.2. The minimum Gasteiger partial charge on any atom is -0.496 e. The van der Waals surface area contributed by atoms with Crippen LogP contribution in [0.4, 0.5) is 0 Å². The van der Waals surface area contributed by atoms with Crippen molar-refractivity contribution in [2.75, 3.05) is 19.5 Å². The molecule has 0 aliphatic carbocycles. The Morgan fingerprint density at radius 2 is 1.85 bits per heavy atom. The largest absolute Gasteiger partial charge is 0.496 e. The van der Waals surface area contributed by atoms with Crippen molar-refractivity contribution in [3.8, 4) is 17.6 Å². The van der Waals surface area contributed by atoms with Crippen LogP contribution in [0.2, 0.25) is 0 Å². The number of rotatable bonds is 3. The van der Waals surface area contributed by atoms with E-state index in [0.29, 0.717) is 17.9 Å². The minimum absolute atomic E-state index is 0.183. The summed E-state index contributed by atoms with van der Waals surface area (Å²) in [6.07, 6.45) is 1.17. The molecule has 0 spiro atoms. The standard InChI is InChI=1S/C23H24O3S/c1-5-26-22(24)18-10-8-17(15-20(18)25-4)7-6-16-9-11-21-19(14-16)23(2,3)12-13-27-21/h8-11,14-15H,5,12-13H2,1-4H3. The fourth-order valence-corrected chi connectivity index (χ4v) is 4.59. The van der Waals surface area contributed by atoms with Gasteiger partial charge in [-0.2, -0.15) is 0 Å². The van der Waals surface area contributed by atoms with Crippen LogP contribution in [0.1, 0.15) is 54.2 Å². The average molecular weight is 381 g/mol. The molecule has 2 aromatic rings. The lowest BCUT2D eigenvalue weighted by Gasteiger charge is -2.32. The molecule has 1 heterocycles. The van der Waals surface area contributed by atoms with Crippen LogP contribution in [0.5, 0.6) is 5.75 Å². The molecule has 1 aliphatic heterocycles. The molecule has 1 aliphatic rings. The first-order valence-electron chi connectivity index (χ1n) is 9.09. The third-order valence-electron chi connectivity index (χ3n) is 4.74. The highest BCUT2D eigenvalue weighted by Gasteiger charge is 2.27. The Hall–Kier alpha value is -2.38. The van der Waals surface area contributed by atoms with Crippen molar-refractivity contribution in [2.45, 2.75) is 37.5 Å². The maximum Gasteiger partial charge on any atom is 0.341 e. The summed E-state index contributed by atoms with van der Waals surface area (Å²) in [5.41, 5.74) is 3.77. The van der Waals surface area contributed by atoms with Gasteiger partial charge in [-0.15, -0.1) is 11.8 Å². The van der Waals surface area contributed by atoms with Gasteiger partial charge in [-0.1, -0.05) is 25.7 Å². The second-order valence-corrected chi connectivity index (χ2v) is 8.22. The van der Waals surface area contributed by atoms with E-state index in [2.05, 4.69) is 43.9 Å². The lowest BCUT2D eigenvalue weighted by Crippen LogP contribution is -2.22. The predicted octanol–water partition coefficient (Wildman–Crippen LogP) is 5.05. The normalized spacial score (nSPS) is 14.5. The van der Waals surface area contributed by atoms with Gasteiger partial charge in [0, 0.05) is 16.0 Å². The molecular formula is C23H24O3S. The third kappa shape index (κ3) is 4.31. The third-order valence-corrected chi connectivity index (χ3v) is 5.82. The fraction of sp³-hybridized carbons (Fsp3) is 0.348. The van der Waals surface area contributed by atoms with Gasteiger partial charge in [0.1, 0.15) is 11.3 Å². The quantitative estimate of drug-likeness (QED) is 0.552. The van der Waals surface area contributed by atoms with E-state index in [1.165, 1.54) is 16.9 Å². The van der Waals surface area contributed by atoms with Gasteiger partial charge in [0.2, 0.25) is 0 Å². The van der Waals surface area contributed by atoms with Crippen LogP contribution in [0.3, 0.4) is 0 Å². The molecule has 2 aromatic carbocycles. The van der Waals surface area contributed by atoms with Crippen LogP contribution < -0.4 is 4.74 Å². The molecular weight excluding hydrogens is 356 g/mol. The number of carbonyl (C=O) groups excluding carboxylic acids is 1. The van der Waals surface area contributed by atoms with Crippen molar-refractivity contribution in [1.82, 2.24) is 0 Å². The van der Waals surface area contributed by atoms with Gasteiger partial charge in [-0.25, -0.2) is 4.79 Å². The van der Waals surface area contributed by atoms with E-state index in [1.807, 2.05) is 17.8 Å². The lowest BCUT2D eigenvalue weighted by molar-refractivity contribution is 0.0522. The van der Waals surface area contributed by atoms with Gasteiger partial charge in [0.05, 0.1) is 13.7 Å². The van der Waals surface area contributed by atoms with Crippen molar-refractivity contribution < 1.29 is 14.3 Å². The summed E-state index contributed by atoms with van der Waals surface area (Å²) in [5.74, 6) is 7.68. The lowest BCUT2D eigenvalue weighted by atomic mass is 9.81. The number of carbonyl (C=O) groups is 1. The van der Waals surface area contributed by atoms with Crippen molar-refractivity contribution in [2.24, 2.45) is 0 Å². The number of hydrogen-bond donors (Lipinski definition) is 0. The Morgan fingerprint density at radius 3 is 2.56 bits per heavy atom. The fourth-order valence-electron chi connectivity index (χ4n) is 3.10. The van der Waals surface area contributed by atoms with Crippen LogP contribution >= 0.6 is 11.8 Å². The number of methoxy groups -OCH3 is 1. The Bertz CT molecular complexity index is 919. The van der Waals surface area contributed by atoms with Crippen LogP contribution in [0.15, 0.2) is 41.3 Å². The topological polar surface area (TPSA) is 35.5 Å². The van der Waals surface area contributed by atoms with E-state index in [1.54, 1.807) is 26.2 Å². The number of ether oxygens (including phenoxy) is 2. The molecule has 0 unspecified atom stereocenters. The molecule has 3 nitrogen and oxygen atoms in total. The summed E-state index contributed by atoms with van der Waals surface area (Å²) in [6, 6.07) is 11.8. The molecule has 0 N–H and O–H groups in total. The maximum absolute atomic E-state index is 12.0. The van der Waals surface area contributed by atoms with Crippen molar-refractivity contribution in [3.63, 3.8) is 0 Å². The van der Waals surface area contributed by atoms with E-state index in [4.69, 9.17) is 9.47 Å². The Labute approximate surface area is 165 Å². The van der Waals surface area contributed by atoms with Crippen molar-refractivity contribution in [3.05, 3.63) is 58.7 Å². The Balaban J connectivity index is 1.89. The number of thioether (sulfide) groups is 1. The summed E-state index contributed by atoms with van der Waals surface area (Å²) in [7, 11) is 1.54. The summed E-state index contributed by atoms with van der Waals surface area (Å²) in [6.45, 7) is 6.70. The molecule has 0 saturated heterocycles. The summed E-state index contributed by atoms with van der Waals surface area (Å²) >= 11 is 1.92. The SMILES string of the molecule is CCOC(=O)c1ccc(C#Cc2ccc3c(c2)C(C)(C)CCS3)cc1OC. The zero-order chi connectivity index (χ0) is 19.4. The molecule has 0 amide bonds. The number of benzene rings is 2. The minimum atomic E-state index is -0.386. The molecule has 0 saturated carbocycles. The monoisotopic (exact) mass is 380 g/mol. The Morgan fingerprint density at radius 1 is 1.15 bits per heavy atom. The first-order chi connectivity index (χ1) is 12.9. The summed E-state index contributed by atoms with van der Waals surface area (Å²) in [4.78, 5) is 13.3. The predicted molar refractivity (Wildman–Crippen MR) is 110 cm³/mol. The highest BCUT2D eigenvalue weighted by molar-refractivity contribution is 7.99. The first-order valence-corrected chi connectivity index (χ1v) is 10.1. The van der Waals surface area contributed by atoms with Crippen LogP contribution in [0, 0.1) is 11.8 Å². The number of esters is 1. The smallest absolute Gasteiger partial charge is 0.341 e. The molecule has 0 aromatic heterocycles. The van der Waals surface area contributed by atoms with Crippen molar-refractivity contribution in [1.29, 1.82) is 0 Å². The second-order valence-electron chi connectivity index (χ2n) is 7.08. The molecule has 0 atom stereocenters. The molecule has 27 heavy (non-hydrogen) atoms. The molecule has 4 heteroatoms. The van der Waals surface area contributed by atoms with Crippen LogP contribution in [-0.2, 0) is 10.2 Å². The summed E-state index contributed by atoms with van der Waals surface area (Å²) in [5, 5.41) is 0. The number of hydrogen-bond acceptors (Lipinski definition) is 4. The first kappa shape index (κ1) is 19.4. The maximum atomic E-state index is 12.0. The molecule has 140 valence electrons. The summed E-state index contributed by atoms with van der Waals surface area (Å²) < 4.78 is 10.4. The van der Waals surface area contributed by atoms with Gasteiger partial charge < -0.3 is 9.47 Å². The van der Waals surface area contributed by atoms with Gasteiger partial charge in [-0.05, 0) is 66.5 Å². The molecule has 0 bridgehead atoms. The zero-order valence-corrected chi connectivity index (χ0v) is 17.0. The molecule has 3 rings (SSSR count). The van der Waals surface area contributed by atoms with Gasteiger partial charge in [0.25, 0.3) is 0 Å². The average Bonchev–Trinajstić information content (AvgIpc) is 2.66. The van der Waals surface area contributed by atoms with Crippen LogP contribution in [-0.4, -0.2) is 25.4 Å². The van der Waals surface area contributed by atoms with Gasteiger partial charge >= 0.3 is 5.97 Å². The second kappa shape index (κ2) is 8.10. The van der Waals surface area contributed by atoms with E-state index in [9.17, 15) is 4.79 Å². The van der Waals surface area contributed by atoms with E-state index in [-0.39, 0.29) is 11.4 Å². The number of fused-ring (bicyclic) bond motifs is 1. The van der Waals surface area contributed by atoms with E-state index in [0.717, 1.165) is 16.9 Å². The van der Waals surface area contributed by atoms with Crippen molar-refractivity contribution >= 4 is 17.7 Å². The van der Waals surface area contributed by atoms with E-state index < -0.39 is 0 Å². The van der Waals surface area contributed by atoms with Gasteiger partial charge in [0.15, 0.2) is 0 Å². The van der Waals surface area contributed by atoms with Crippen LogP contribution in [0.25, 0.3) is 0 Å².